The van der Waals surface area contributed by atoms with Gasteiger partial charge >= 0.3 is 5.97 Å². The number of hydrogen-bond acceptors (Lipinski definition) is 3. The second-order valence-electron chi connectivity index (χ2n) is 5.09. The number of nitriles is 1. The van der Waals surface area contributed by atoms with Gasteiger partial charge in [0.25, 0.3) is 0 Å². The van der Waals surface area contributed by atoms with E-state index in [2.05, 4.69) is 0 Å². The van der Waals surface area contributed by atoms with Crippen molar-refractivity contribution in [3.8, 4) is 6.07 Å². The first-order chi connectivity index (χ1) is 9.47. The molecule has 1 aliphatic rings. The Labute approximate surface area is 120 Å². The predicted molar refractivity (Wildman–Crippen MR) is 77.1 cm³/mol. The van der Waals surface area contributed by atoms with Gasteiger partial charge in [-0.3, -0.25) is 0 Å². The van der Waals surface area contributed by atoms with Crippen molar-refractivity contribution in [3.05, 3.63) is 34.9 Å². The number of ether oxygens (including phenoxy) is 1. The Morgan fingerprint density at radius 3 is 2.70 bits per heavy atom. The molecule has 0 saturated carbocycles. The lowest BCUT2D eigenvalue weighted by molar-refractivity contribution is -0.132. The van der Waals surface area contributed by atoms with E-state index in [9.17, 15) is 4.79 Å². The highest BCUT2D eigenvalue weighted by molar-refractivity contribution is 5.93. The second kappa shape index (κ2) is 7.06. The van der Waals surface area contributed by atoms with Crippen LogP contribution in [0.1, 0.15) is 39.5 Å². The molecular formula is C16H21NO3. The molecule has 0 spiro atoms. The maximum absolute atomic E-state index is 11.2. The Kier molecular flexibility index (Phi) is 5.72. The van der Waals surface area contributed by atoms with Crippen LogP contribution < -0.4 is 0 Å². The molecule has 0 radical (unpaired) electrons. The van der Waals surface area contributed by atoms with Crippen LogP contribution in [0.3, 0.4) is 0 Å². The van der Waals surface area contributed by atoms with Gasteiger partial charge in [0.1, 0.15) is 11.6 Å². The molecule has 1 atom stereocenters. The minimum absolute atomic E-state index is 0.157. The summed E-state index contributed by atoms with van der Waals surface area (Å²) >= 11 is 0. The van der Waals surface area contributed by atoms with E-state index in [-0.39, 0.29) is 11.2 Å². The van der Waals surface area contributed by atoms with Crippen molar-refractivity contribution in [2.24, 2.45) is 0 Å². The van der Waals surface area contributed by atoms with Gasteiger partial charge in [-0.25, -0.2) is 4.79 Å². The maximum Gasteiger partial charge on any atom is 0.346 e. The highest BCUT2D eigenvalue weighted by atomic mass is 16.5. The van der Waals surface area contributed by atoms with Gasteiger partial charge in [0.05, 0.1) is 5.60 Å². The van der Waals surface area contributed by atoms with Gasteiger partial charge in [0.2, 0.25) is 0 Å². The SMILES string of the molecule is CCCCC(C1=CCC(C)(OC)C=C1)=C(C#N)C(=O)O. The van der Waals surface area contributed by atoms with E-state index >= 15 is 0 Å². The van der Waals surface area contributed by atoms with Gasteiger partial charge < -0.3 is 9.84 Å². The first-order valence-corrected chi connectivity index (χ1v) is 6.79. The third-order valence-corrected chi connectivity index (χ3v) is 3.57. The van der Waals surface area contributed by atoms with Gasteiger partial charge in [0.15, 0.2) is 0 Å². The van der Waals surface area contributed by atoms with E-state index in [0.29, 0.717) is 18.4 Å². The number of carbonyl (C=O) groups is 1. The van der Waals surface area contributed by atoms with Crippen molar-refractivity contribution in [1.82, 2.24) is 0 Å². The first kappa shape index (κ1) is 16.2. The van der Waals surface area contributed by atoms with Crippen LogP contribution in [-0.4, -0.2) is 23.8 Å². The van der Waals surface area contributed by atoms with E-state index in [1.807, 2.05) is 38.1 Å². The number of aliphatic carboxylic acids is 1. The average Bonchev–Trinajstić information content (AvgIpc) is 2.44. The van der Waals surface area contributed by atoms with E-state index in [1.165, 1.54) is 0 Å². The monoisotopic (exact) mass is 275 g/mol. The summed E-state index contributed by atoms with van der Waals surface area (Å²) in [7, 11) is 1.65. The van der Waals surface area contributed by atoms with Crippen molar-refractivity contribution in [2.45, 2.75) is 45.1 Å². The molecule has 108 valence electrons. The van der Waals surface area contributed by atoms with Crippen LogP contribution in [0, 0.1) is 11.3 Å². The number of unbranched alkanes of at least 4 members (excludes halogenated alkanes) is 1. The Morgan fingerprint density at radius 1 is 1.60 bits per heavy atom. The molecule has 0 fully saturated rings. The number of carboxylic acid groups (broad SMARTS) is 1. The van der Waals surface area contributed by atoms with E-state index in [4.69, 9.17) is 15.1 Å². The van der Waals surface area contributed by atoms with Crippen LogP contribution in [-0.2, 0) is 9.53 Å². The molecule has 20 heavy (non-hydrogen) atoms. The van der Waals surface area contributed by atoms with Gasteiger partial charge in [-0.15, -0.1) is 0 Å². The zero-order chi connectivity index (χ0) is 15.2. The zero-order valence-corrected chi connectivity index (χ0v) is 12.3. The molecule has 1 aliphatic carbocycles. The summed E-state index contributed by atoms with van der Waals surface area (Å²) in [5, 5.41) is 18.2. The Bertz CT molecular complexity index is 508. The highest BCUT2D eigenvalue weighted by Gasteiger charge is 2.24. The standard InChI is InChI=1S/C16H21NO3/c1-4-5-6-13(14(11-17)15(18)19)12-7-9-16(2,20-3)10-8-12/h7-9H,4-6,10H2,1-3H3,(H,18,19). The van der Waals surface area contributed by atoms with Gasteiger partial charge in [-0.2, -0.15) is 5.26 Å². The van der Waals surface area contributed by atoms with Crippen LogP contribution in [0.4, 0.5) is 0 Å². The largest absolute Gasteiger partial charge is 0.477 e. The lowest BCUT2D eigenvalue weighted by Crippen LogP contribution is -2.25. The minimum Gasteiger partial charge on any atom is -0.477 e. The van der Waals surface area contributed by atoms with Crippen molar-refractivity contribution in [1.29, 1.82) is 5.26 Å². The molecule has 1 rings (SSSR count). The van der Waals surface area contributed by atoms with Crippen LogP contribution in [0.5, 0.6) is 0 Å². The summed E-state index contributed by atoms with van der Waals surface area (Å²) in [6.45, 7) is 4.01. The van der Waals surface area contributed by atoms with E-state index < -0.39 is 5.97 Å². The van der Waals surface area contributed by atoms with Crippen LogP contribution in [0.25, 0.3) is 0 Å². The molecule has 0 heterocycles. The fourth-order valence-corrected chi connectivity index (χ4v) is 2.10. The van der Waals surface area contributed by atoms with Gasteiger partial charge in [-0.1, -0.05) is 31.6 Å². The number of nitrogens with zero attached hydrogens (tertiary/aromatic N) is 1. The zero-order valence-electron chi connectivity index (χ0n) is 12.3. The first-order valence-electron chi connectivity index (χ1n) is 6.79. The summed E-state index contributed by atoms with van der Waals surface area (Å²) in [6.07, 6.45) is 8.82. The molecule has 0 aromatic rings. The van der Waals surface area contributed by atoms with Crippen LogP contribution in [0.2, 0.25) is 0 Å². The minimum atomic E-state index is -1.16. The normalized spacial score (nSPS) is 22.8. The molecule has 0 aromatic heterocycles. The third kappa shape index (κ3) is 3.82. The number of hydrogen-bond donors (Lipinski definition) is 1. The molecule has 1 unspecified atom stereocenters. The summed E-state index contributed by atoms with van der Waals surface area (Å²) in [5.74, 6) is -1.16. The Balaban J connectivity index is 3.13. The number of methoxy groups -OCH3 is 1. The van der Waals surface area contributed by atoms with E-state index in [0.717, 1.165) is 18.4 Å². The molecule has 0 aliphatic heterocycles. The summed E-state index contributed by atoms with van der Waals surface area (Å²) in [5.41, 5.74) is 0.939. The number of rotatable bonds is 6. The quantitative estimate of drug-likeness (QED) is 0.596. The Morgan fingerprint density at radius 2 is 2.30 bits per heavy atom. The van der Waals surface area contributed by atoms with Crippen molar-refractivity contribution in [3.63, 3.8) is 0 Å². The molecule has 4 nitrogen and oxygen atoms in total. The summed E-state index contributed by atoms with van der Waals surface area (Å²) in [4.78, 5) is 11.2. The second-order valence-corrected chi connectivity index (χ2v) is 5.09. The van der Waals surface area contributed by atoms with Crippen LogP contribution in [0.15, 0.2) is 34.9 Å². The fraction of sp³-hybridized carbons (Fsp3) is 0.500. The molecule has 1 N–H and O–H groups in total. The lowest BCUT2D eigenvalue weighted by Gasteiger charge is -2.27. The van der Waals surface area contributed by atoms with Gasteiger partial charge in [0, 0.05) is 7.11 Å². The molecule has 0 aromatic carbocycles. The number of carboxylic acids is 1. The smallest absolute Gasteiger partial charge is 0.346 e. The molecule has 0 saturated heterocycles. The molecule has 0 amide bonds. The van der Waals surface area contributed by atoms with E-state index in [1.54, 1.807) is 7.11 Å². The Hall–Kier alpha value is -1.86. The average molecular weight is 275 g/mol. The summed E-state index contributed by atoms with van der Waals surface area (Å²) in [6, 6.07) is 1.82. The maximum atomic E-state index is 11.2. The van der Waals surface area contributed by atoms with Crippen molar-refractivity contribution >= 4 is 5.97 Å². The molecular weight excluding hydrogens is 254 g/mol. The topological polar surface area (TPSA) is 70.3 Å². The third-order valence-electron chi connectivity index (χ3n) is 3.57. The van der Waals surface area contributed by atoms with Crippen molar-refractivity contribution in [2.75, 3.05) is 7.11 Å². The molecule has 4 heteroatoms. The highest BCUT2D eigenvalue weighted by Crippen LogP contribution is 2.30. The van der Waals surface area contributed by atoms with Gasteiger partial charge in [-0.05, 0) is 37.3 Å². The number of allylic oxidation sites excluding steroid dienone is 3. The van der Waals surface area contributed by atoms with Crippen molar-refractivity contribution < 1.29 is 14.6 Å². The summed E-state index contributed by atoms with van der Waals surface area (Å²) < 4.78 is 5.39. The fourth-order valence-electron chi connectivity index (χ4n) is 2.10. The predicted octanol–water partition coefficient (Wildman–Crippen LogP) is 3.37. The lowest BCUT2D eigenvalue weighted by atomic mass is 9.87. The molecule has 0 bridgehead atoms. The van der Waals surface area contributed by atoms with Crippen LogP contribution >= 0.6 is 0 Å².